The molecular weight excluding hydrogens is 318 g/mol. The van der Waals surface area contributed by atoms with Crippen molar-refractivity contribution in [3.05, 3.63) is 66.0 Å². The molecule has 0 aliphatic rings. The second-order valence-corrected chi connectivity index (χ2v) is 6.00. The van der Waals surface area contributed by atoms with E-state index in [1.165, 1.54) is 0 Å². The molecule has 0 fully saturated rings. The standard InChI is InChI=1S/C19H23N3O3/c1-14(2)17(18(23)21-12-15-8-10-20-11-9-15)22-19(24)25-13-16-6-4-3-5-7-16/h3-11,14,17H,12-13H2,1-2H3,(H,21,23)(H,22,24)/t17-/m0/s1. The van der Waals surface area contributed by atoms with Crippen LogP contribution in [0.2, 0.25) is 0 Å². The number of amides is 2. The molecular formula is C19H23N3O3. The van der Waals surface area contributed by atoms with Gasteiger partial charge in [0, 0.05) is 18.9 Å². The van der Waals surface area contributed by atoms with Crippen molar-refractivity contribution in [2.24, 2.45) is 5.92 Å². The smallest absolute Gasteiger partial charge is 0.408 e. The predicted octanol–water partition coefficient (Wildman–Crippen LogP) is 2.65. The predicted molar refractivity (Wildman–Crippen MR) is 94.5 cm³/mol. The van der Waals surface area contributed by atoms with Gasteiger partial charge in [0.2, 0.25) is 5.91 Å². The number of benzene rings is 1. The van der Waals surface area contributed by atoms with Crippen molar-refractivity contribution in [1.29, 1.82) is 0 Å². The van der Waals surface area contributed by atoms with Crippen LogP contribution in [0.15, 0.2) is 54.9 Å². The molecule has 0 aliphatic carbocycles. The van der Waals surface area contributed by atoms with E-state index in [2.05, 4.69) is 15.6 Å². The monoisotopic (exact) mass is 341 g/mol. The Morgan fingerprint density at radius 2 is 1.72 bits per heavy atom. The Kier molecular flexibility index (Phi) is 6.95. The maximum atomic E-state index is 12.4. The number of nitrogens with zero attached hydrogens (tertiary/aromatic N) is 1. The average molecular weight is 341 g/mol. The highest BCUT2D eigenvalue weighted by molar-refractivity contribution is 5.85. The zero-order valence-electron chi connectivity index (χ0n) is 14.4. The first-order valence-corrected chi connectivity index (χ1v) is 8.20. The van der Waals surface area contributed by atoms with Crippen molar-refractivity contribution in [2.45, 2.75) is 33.0 Å². The molecule has 132 valence electrons. The van der Waals surface area contributed by atoms with E-state index in [4.69, 9.17) is 4.74 Å². The summed E-state index contributed by atoms with van der Waals surface area (Å²) in [5.41, 5.74) is 1.83. The van der Waals surface area contributed by atoms with E-state index in [1.54, 1.807) is 12.4 Å². The minimum Gasteiger partial charge on any atom is -0.445 e. The van der Waals surface area contributed by atoms with Crippen LogP contribution >= 0.6 is 0 Å². The molecule has 1 heterocycles. The number of carbonyl (C=O) groups is 2. The molecule has 0 unspecified atom stereocenters. The Balaban J connectivity index is 1.84. The maximum absolute atomic E-state index is 12.4. The number of aromatic nitrogens is 1. The summed E-state index contributed by atoms with van der Waals surface area (Å²) in [5, 5.41) is 5.46. The van der Waals surface area contributed by atoms with E-state index in [9.17, 15) is 9.59 Å². The Morgan fingerprint density at radius 1 is 1.04 bits per heavy atom. The lowest BCUT2D eigenvalue weighted by Gasteiger charge is -2.21. The van der Waals surface area contributed by atoms with Crippen molar-refractivity contribution < 1.29 is 14.3 Å². The Bertz CT molecular complexity index is 675. The zero-order chi connectivity index (χ0) is 18.1. The van der Waals surface area contributed by atoms with E-state index in [0.29, 0.717) is 6.54 Å². The summed E-state index contributed by atoms with van der Waals surface area (Å²) in [4.78, 5) is 28.3. The first-order valence-electron chi connectivity index (χ1n) is 8.20. The molecule has 6 nitrogen and oxygen atoms in total. The molecule has 0 bridgehead atoms. The number of carbonyl (C=O) groups excluding carboxylic acids is 2. The zero-order valence-corrected chi connectivity index (χ0v) is 14.4. The van der Waals surface area contributed by atoms with Crippen molar-refractivity contribution >= 4 is 12.0 Å². The van der Waals surface area contributed by atoms with Crippen LogP contribution in [-0.2, 0) is 22.7 Å². The van der Waals surface area contributed by atoms with Gasteiger partial charge in [0.15, 0.2) is 0 Å². The topological polar surface area (TPSA) is 80.3 Å². The first kappa shape index (κ1) is 18.4. The van der Waals surface area contributed by atoms with Gasteiger partial charge in [-0.3, -0.25) is 9.78 Å². The highest BCUT2D eigenvalue weighted by Gasteiger charge is 2.24. The summed E-state index contributed by atoms with van der Waals surface area (Å²) in [7, 11) is 0. The van der Waals surface area contributed by atoms with E-state index in [0.717, 1.165) is 11.1 Å². The molecule has 1 aromatic heterocycles. The molecule has 0 spiro atoms. The number of pyridine rings is 1. The van der Waals surface area contributed by atoms with E-state index >= 15 is 0 Å². The largest absolute Gasteiger partial charge is 0.445 e. The quantitative estimate of drug-likeness (QED) is 0.811. The molecule has 0 saturated heterocycles. The molecule has 2 rings (SSSR count). The van der Waals surface area contributed by atoms with Gasteiger partial charge < -0.3 is 15.4 Å². The molecule has 0 saturated carbocycles. The first-order chi connectivity index (χ1) is 12.1. The van der Waals surface area contributed by atoms with E-state index < -0.39 is 12.1 Å². The van der Waals surface area contributed by atoms with Gasteiger partial charge in [-0.15, -0.1) is 0 Å². The van der Waals surface area contributed by atoms with Crippen LogP contribution in [0.3, 0.4) is 0 Å². The molecule has 2 N–H and O–H groups in total. The summed E-state index contributed by atoms with van der Waals surface area (Å²) >= 11 is 0. The van der Waals surface area contributed by atoms with Crippen molar-refractivity contribution in [3.8, 4) is 0 Å². The van der Waals surface area contributed by atoms with Gasteiger partial charge in [-0.2, -0.15) is 0 Å². The Hall–Kier alpha value is -2.89. The molecule has 6 heteroatoms. The van der Waals surface area contributed by atoms with E-state index in [-0.39, 0.29) is 18.4 Å². The van der Waals surface area contributed by atoms with Crippen LogP contribution < -0.4 is 10.6 Å². The average Bonchev–Trinajstić information content (AvgIpc) is 2.64. The lowest BCUT2D eigenvalue weighted by atomic mass is 10.0. The summed E-state index contributed by atoms with van der Waals surface area (Å²) in [6.07, 6.45) is 2.72. The van der Waals surface area contributed by atoms with Crippen LogP contribution in [0.4, 0.5) is 4.79 Å². The van der Waals surface area contributed by atoms with Crippen molar-refractivity contribution in [2.75, 3.05) is 0 Å². The minimum atomic E-state index is -0.662. The fourth-order valence-corrected chi connectivity index (χ4v) is 2.23. The third kappa shape index (κ3) is 6.25. The van der Waals surface area contributed by atoms with Crippen LogP contribution in [0, 0.1) is 5.92 Å². The lowest BCUT2D eigenvalue weighted by molar-refractivity contribution is -0.124. The summed E-state index contributed by atoms with van der Waals surface area (Å²) in [5.74, 6) is -0.315. The summed E-state index contributed by atoms with van der Waals surface area (Å²) in [6.45, 7) is 4.28. The van der Waals surface area contributed by atoms with Crippen molar-refractivity contribution in [1.82, 2.24) is 15.6 Å². The highest BCUT2D eigenvalue weighted by Crippen LogP contribution is 2.05. The van der Waals surface area contributed by atoms with Gasteiger partial charge in [-0.25, -0.2) is 4.79 Å². The number of hydrogen-bond donors (Lipinski definition) is 2. The number of alkyl carbamates (subject to hydrolysis) is 1. The second-order valence-electron chi connectivity index (χ2n) is 6.00. The third-order valence-corrected chi connectivity index (χ3v) is 3.65. The normalized spacial score (nSPS) is 11.6. The van der Waals surface area contributed by atoms with Gasteiger partial charge in [0.05, 0.1) is 0 Å². The molecule has 2 aromatic rings. The van der Waals surface area contributed by atoms with Gasteiger partial charge in [0.1, 0.15) is 12.6 Å². The third-order valence-electron chi connectivity index (χ3n) is 3.65. The minimum absolute atomic E-state index is 0.0679. The Labute approximate surface area is 147 Å². The highest BCUT2D eigenvalue weighted by atomic mass is 16.5. The number of ether oxygens (including phenoxy) is 1. The van der Waals surface area contributed by atoms with Crippen LogP contribution in [0.25, 0.3) is 0 Å². The SMILES string of the molecule is CC(C)[C@H](NC(=O)OCc1ccccc1)C(=O)NCc1ccncc1. The number of hydrogen-bond acceptors (Lipinski definition) is 4. The van der Waals surface area contributed by atoms with Crippen molar-refractivity contribution in [3.63, 3.8) is 0 Å². The van der Waals surface area contributed by atoms with Gasteiger partial charge >= 0.3 is 6.09 Å². The van der Waals surface area contributed by atoms with Crippen LogP contribution in [-0.4, -0.2) is 23.0 Å². The summed E-state index contributed by atoms with van der Waals surface area (Å²) < 4.78 is 5.18. The molecule has 1 atom stereocenters. The van der Waals surface area contributed by atoms with E-state index in [1.807, 2.05) is 56.3 Å². The van der Waals surface area contributed by atoms with Gasteiger partial charge in [0.25, 0.3) is 0 Å². The van der Waals surface area contributed by atoms with Gasteiger partial charge in [-0.1, -0.05) is 44.2 Å². The fraction of sp³-hybridized carbons (Fsp3) is 0.316. The fourth-order valence-electron chi connectivity index (χ4n) is 2.23. The maximum Gasteiger partial charge on any atom is 0.408 e. The molecule has 25 heavy (non-hydrogen) atoms. The molecule has 2 amide bonds. The molecule has 0 radical (unpaired) electrons. The number of rotatable bonds is 7. The van der Waals surface area contributed by atoms with Gasteiger partial charge in [-0.05, 0) is 29.2 Å². The number of nitrogens with one attached hydrogen (secondary N) is 2. The second kappa shape index (κ2) is 9.42. The molecule has 1 aromatic carbocycles. The van der Waals surface area contributed by atoms with Crippen LogP contribution in [0.5, 0.6) is 0 Å². The Morgan fingerprint density at radius 3 is 2.36 bits per heavy atom. The molecule has 0 aliphatic heterocycles. The lowest BCUT2D eigenvalue weighted by Crippen LogP contribution is -2.49. The van der Waals surface area contributed by atoms with Crippen LogP contribution in [0.1, 0.15) is 25.0 Å². The summed E-state index contributed by atoms with van der Waals surface area (Å²) in [6, 6.07) is 12.4.